The van der Waals surface area contributed by atoms with Crippen LogP contribution in [0.15, 0.2) is 76.7 Å². The summed E-state index contributed by atoms with van der Waals surface area (Å²) in [4.78, 5) is 26.7. The third-order valence-electron chi connectivity index (χ3n) is 8.92. The molecule has 0 saturated carbocycles. The van der Waals surface area contributed by atoms with Crippen molar-refractivity contribution in [2.24, 2.45) is 0 Å². The number of ether oxygens (including phenoxy) is 1. The molecule has 10 heteroatoms. The highest BCUT2D eigenvalue weighted by Gasteiger charge is 2.24. The average Bonchev–Trinajstić information content (AvgIpc) is 3.66. The normalized spacial score (nSPS) is 18.2. The van der Waals surface area contributed by atoms with Gasteiger partial charge in [0.1, 0.15) is 6.61 Å². The summed E-state index contributed by atoms with van der Waals surface area (Å²) in [6.07, 6.45) is 4.78. The van der Waals surface area contributed by atoms with Crippen LogP contribution < -0.4 is 10.2 Å². The smallest absolute Gasteiger partial charge is 0.407 e. The Labute approximate surface area is 282 Å². The zero-order valence-electron chi connectivity index (χ0n) is 27.1. The molecule has 0 radical (unpaired) electrons. The number of halogens is 1. The maximum atomic E-state index is 11.1. The van der Waals surface area contributed by atoms with Crippen LogP contribution in [0.4, 0.5) is 16.2 Å². The molecule has 3 aliphatic rings. The minimum Gasteiger partial charge on any atom is -0.447 e. The molecule has 3 aromatic carbocycles. The fourth-order valence-electron chi connectivity index (χ4n) is 6.29. The van der Waals surface area contributed by atoms with E-state index in [9.17, 15) is 4.79 Å². The highest BCUT2D eigenvalue weighted by Crippen LogP contribution is 2.48. The van der Waals surface area contributed by atoms with Crippen LogP contribution in [0.25, 0.3) is 10.9 Å². The number of aromatic amines is 1. The molecule has 0 bridgehead atoms. The molecule has 46 heavy (non-hydrogen) atoms. The molecule has 1 aromatic heterocycles. The monoisotopic (exact) mass is 660 g/mol. The van der Waals surface area contributed by atoms with Crippen molar-refractivity contribution in [3.63, 3.8) is 0 Å². The number of carbonyl (C=O) groups is 1. The quantitative estimate of drug-likeness (QED) is 0.212. The van der Waals surface area contributed by atoms with Crippen LogP contribution in [0.2, 0.25) is 5.02 Å². The molecule has 2 N–H and O–H groups in total. The van der Waals surface area contributed by atoms with Crippen LogP contribution in [0.5, 0.6) is 0 Å². The Balaban J connectivity index is 0.000000164. The van der Waals surface area contributed by atoms with Gasteiger partial charge in [-0.1, -0.05) is 41.6 Å². The van der Waals surface area contributed by atoms with E-state index in [-0.39, 0.29) is 12.1 Å². The largest absolute Gasteiger partial charge is 0.447 e. The van der Waals surface area contributed by atoms with Gasteiger partial charge in [-0.3, -0.25) is 0 Å². The summed E-state index contributed by atoms with van der Waals surface area (Å²) in [6, 6.07) is 21.5. The second-order valence-corrected chi connectivity index (χ2v) is 14.2. The highest BCUT2D eigenvalue weighted by atomic mass is 35.5. The van der Waals surface area contributed by atoms with Gasteiger partial charge < -0.3 is 34.6 Å². The van der Waals surface area contributed by atoms with E-state index in [1.807, 2.05) is 17.8 Å². The van der Waals surface area contributed by atoms with Crippen LogP contribution in [0.3, 0.4) is 0 Å². The molecule has 0 unspecified atom stereocenters. The third-order valence-corrected chi connectivity index (χ3v) is 10.3. The van der Waals surface area contributed by atoms with Crippen molar-refractivity contribution in [1.29, 1.82) is 0 Å². The van der Waals surface area contributed by atoms with E-state index in [4.69, 9.17) is 16.3 Å². The molecular weight excluding hydrogens is 616 g/mol. The molecule has 4 aromatic rings. The van der Waals surface area contributed by atoms with Crippen molar-refractivity contribution in [1.82, 2.24) is 25.0 Å². The van der Waals surface area contributed by atoms with Crippen LogP contribution in [0.1, 0.15) is 17.5 Å². The first-order valence-corrected chi connectivity index (χ1v) is 17.4. The maximum absolute atomic E-state index is 11.1. The average molecular weight is 661 g/mol. The first kappa shape index (κ1) is 32.7. The number of carbonyl (C=O) groups excluding carboxylic acids is 1. The van der Waals surface area contributed by atoms with E-state index in [0.29, 0.717) is 6.61 Å². The molecule has 0 spiro atoms. The van der Waals surface area contributed by atoms with Crippen molar-refractivity contribution in [2.45, 2.75) is 35.1 Å². The summed E-state index contributed by atoms with van der Waals surface area (Å²) in [7, 11) is 6.38. The van der Waals surface area contributed by atoms with Gasteiger partial charge in [-0.2, -0.15) is 0 Å². The van der Waals surface area contributed by atoms with Gasteiger partial charge in [0.15, 0.2) is 0 Å². The fourth-order valence-corrected chi connectivity index (χ4v) is 7.53. The Hall–Kier alpha value is -3.21. The van der Waals surface area contributed by atoms with E-state index in [1.165, 1.54) is 69.4 Å². The second kappa shape index (κ2) is 15.1. The van der Waals surface area contributed by atoms with Crippen LogP contribution in [0, 0.1) is 0 Å². The minimum atomic E-state index is -0.311. The molecule has 1 amide bonds. The molecular formula is C36H45ClN6O2S. The van der Waals surface area contributed by atoms with Crippen LogP contribution >= 0.6 is 23.4 Å². The van der Waals surface area contributed by atoms with Gasteiger partial charge in [0.25, 0.3) is 0 Å². The molecule has 2 saturated heterocycles. The number of piperazine rings is 1. The number of para-hydroxylation sites is 1. The van der Waals surface area contributed by atoms with Crippen molar-refractivity contribution in [3.8, 4) is 0 Å². The molecule has 1 atom stereocenters. The zero-order valence-corrected chi connectivity index (χ0v) is 28.7. The SMILES string of the molecule is CN(C)CCc1c[nH]c2ccc(C[C@H]3COC(=O)N3)cc12.CN1CCN(CCCN2c3ccccc3Sc3ccc(Cl)cc32)CC1. The summed E-state index contributed by atoms with van der Waals surface area (Å²) in [5.41, 5.74) is 6.28. The number of hydrogen-bond donors (Lipinski definition) is 2. The maximum Gasteiger partial charge on any atom is 0.407 e. The number of anilines is 2. The number of amides is 1. The number of nitrogens with zero attached hydrogens (tertiary/aromatic N) is 4. The molecule has 7 rings (SSSR count). The first-order chi connectivity index (χ1) is 22.3. The lowest BCUT2D eigenvalue weighted by atomic mass is 10.0. The van der Waals surface area contributed by atoms with E-state index in [1.54, 1.807) is 0 Å². The number of nitrogens with one attached hydrogen (secondary N) is 2. The summed E-state index contributed by atoms with van der Waals surface area (Å²) in [5.74, 6) is 0. The number of cyclic esters (lactones) is 1. The lowest BCUT2D eigenvalue weighted by Gasteiger charge is -2.35. The number of rotatable bonds is 9. The highest BCUT2D eigenvalue weighted by molar-refractivity contribution is 7.99. The Morgan fingerprint density at radius 2 is 1.78 bits per heavy atom. The van der Waals surface area contributed by atoms with Crippen LogP contribution in [-0.2, 0) is 17.6 Å². The molecule has 3 aliphatic heterocycles. The van der Waals surface area contributed by atoms with Gasteiger partial charge in [-0.05, 0) is 101 Å². The van der Waals surface area contributed by atoms with Gasteiger partial charge in [0, 0.05) is 71.2 Å². The summed E-state index contributed by atoms with van der Waals surface area (Å²) in [5, 5.41) is 4.91. The Morgan fingerprint density at radius 1 is 0.978 bits per heavy atom. The molecule has 2 fully saturated rings. The third kappa shape index (κ3) is 8.19. The fraction of sp³-hybridized carbons (Fsp3) is 0.417. The summed E-state index contributed by atoms with van der Waals surface area (Å²) >= 11 is 8.13. The van der Waals surface area contributed by atoms with Crippen LogP contribution in [-0.4, -0.2) is 105 Å². The van der Waals surface area contributed by atoms with Gasteiger partial charge in [0.2, 0.25) is 0 Å². The zero-order chi connectivity index (χ0) is 32.0. The molecule has 8 nitrogen and oxygen atoms in total. The summed E-state index contributed by atoms with van der Waals surface area (Å²) < 4.78 is 4.94. The van der Waals surface area contributed by atoms with E-state index in [2.05, 4.69) is 112 Å². The van der Waals surface area contributed by atoms with Gasteiger partial charge in [-0.25, -0.2) is 4.79 Å². The van der Waals surface area contributed by atoms with Gasteiger partial charge in [-0.15, -0.1) is 0 Å². The minimum absolute atomic E-state index is 0.0825. The number of hydrogen-bond acceptors (Lipinski definition) is 7. The van der Waals surface area contributed by atoms with Crippen molar-refractivity contribution in [2.75, 3.05) is 78.5 Å². The van der Waals surface area contributed by atoms with Crippen molar-refractivity contribution >= 4 is 51.7 Å². The van der Waals surface area contributed by atoms with E-state index < -0.39 is 0 Å². The van der Waals surface area contributed by atoms with E-state index >= 15 is 0 Å². The first-order valence-electron chi connectivity index (χ1n) is 16.2. The number of alkyl carbamates (subject to hydrolysis) is 1. The van der Waals surface area contributed by atoms with Crippen molar-refractivity contribution in [3.05, 3.63) is 83.0 Å². The predicted octanol–water partition coefficient (Wildman–Crippen LogP) is 6.50. The number of benzene rings is 3. The Kier molecular flexibility index (Phi) is 10.8. The number of H-pyrrole nitrogens is 1. The Bertz CT molecular complexity index is 1640. The standard InChI is InChI=1S/C20H24ClN3S.C16H21N3O2/c1-22-11-13-23(14-12-22)9-4-10-24-17-5-2-3-6-19(17)25-20-8-7-16(21)15-18(20)24;1-19(2)6-5-12-9-17-15-4-3-11(8-14(12)15)7-13-10-21-16(20)18-13/h2-3,5-8,15H,4,9-14H2,1H3;3-4,8-9,13,17H,5-7,10H2,1-2H3,(H,18,20)/t;13-/m.0/s1. The number of likely N-dealkylation sites (N-methyl/N-ethyl adjacent to an activating group) is 2. The lowest BCUT2D eigenvalue weighted by molar-refractivity contribution is 0.153. The van der Waals surface area contributed by atoms with Crippen molar-refractivity contribution < 1.29 is 9.53 Å². The molecule has 4 heterocycles. The predicted molar refractivity (Wildman–Crippen MR) is 190 cm³/mol. The number of fused-ring (bicyclic) bond motifs is 3. The molecule has 244 valence electrons. The van der Waals surface area contributed by atoms with E-state index in [0.717, 1.165) is 43.9 Å². The molecule has 0 aliphatic carbocycles. The second-order valence-electron chi connectivity index (χ2n) is 12.7. The van der Waals surface area contributed by atoms with Gasteiger partial charge in [0.05, 0.1) is 17.4 Å². The Morgan fingerprint density at radius 3 is 2.57 bits per heavy atom. The topological polar surface area (TPSA) is 67.1 Å². The number of aromatic nitrogens is 1. The van der Waals surface area contributed by atoms with Gasteiger partial charge >= 0.3 is 6.09 Å². The lowest BCUT2D eigenvalue weighted by Crippen LogP contribution is -2.45. The summed E-state index contributed by atoms with van der Waals surface area (Å²) in [6.45, 7) is 8.41.